The molecular formula is C11H15NO2. The van der Waals surface area contributed by atoms with Crippen LogP contribution in [0.15, 0.2) is 24.0 Å². The highest BCUT2D eigenvalue weighted by atomic mass is 16.5. The lowest BCUT2D eigenvalue weighted by Crippen LogP contribution is -2.42. The molecule has 0 aromatic heterocycles. The number of nitrogens with one attached hydrogen (secondary N) is 1. The lowest BCUT2D eigenvalue weighted by molar-refractivity contribution is -0.123. The summed E-state index contributed by atoms with van der Waals surface area (Å²) in [5, 5.41) is 2.92. The van der Waals surface area contributed by atoms with E-state index < -0.39 is 0 Å². The number of methoxy groups -OCH3 is 1. The van der Waals surface area contributed by atoms with Gasteiger partial charge in [-0.2, -0.15) is 0 Å². The molecule has 2 aliphatic rings. The quantitative estimate of drug-likeness (QED) is 0.683. The molecule has 1 spiro atoms. The number of amides is 1. The molecule has 76 valence electrons. The van der Waals surface area contributed by atoms with Crippen LogP contribution in [-0.4, -0.2) is 19.6 Å². The fraction of sp³-hybridized carbons (Fsp3) is 0.545. The fourth-order valence-electron chi connectivity index (χ4n) is 1.98. The van der Waals surface area contributed by atoms with Gasteiger partial charge in [0.15, 0.2) is 0 Å². The lowest BCUT2D eigenvalue weighted by Gasteiger charge is -2.35. The van der Waals surface area contributed by atoms with E-state index in [-0.39, 0.29) is 11.3 Å². The predicted molar refractivity (Wildman–Crippen MR) is 53.5 cm³/mol. The number of hydrogen-bond donors (Lipinski definition) is 1. The molecule has 1 atom stereocenters. The van der Waals surface area contributed by atoms with E-state index in [9.17, 15) is 4.79 Å². The zero-order valence-electron chi connectivity index (χ0n) is 8.38. The van der Waals surface area contributed by atoms with Crippen molar-refractivity contribution >= 4 is 5.91 Å². The van der Waals surface area contributed by atoms with Gasteiger partial charge >= 0.3 is 0 Å². The molecule has 0 saturated carbocycles. The van der Waals surface area contributed by atoms with Crippen LogP contribution in [0, 0.1) is 5.41 Å². The Morgan fingerprint density at radius 2 is 2.43 bits per heavy atom. The Bertz CT molecular complexity index is 294. The summed E-state index contributed by atoms with van der Waals surface area (Å²) in [5.41, 5.74) is 0.149. The topological polar surface area (TPSA) is 38.3 Å². The molecule has 2 rings (SSSR count). The molecule has 1 saturated heterocycles. The Morgan fingerprint density at radius 3 is 2.93 bits per heavy atom. The standard InChI is InChI=1S/C11H15NO2/c1-14-9-2-5-11(6-3-9)7-4-10(13)12-8-11/h2-3,5H,4,6-8H2,1H3,(H,12,13)/t11-/m0/s1. The van der Waals surface area contributed by atoms with Gasteiger partial charge in [0, 0.05) is 18.4 Å². The summed E-state index contributed by atoms with van der Waals surface area (Å²) in [5.74, 6) is 1.10. The number of rotatable bonds is 1. The smallest absolute Gasteiger partial charge is 0.220 e. The molecule has 0 aromatic rings. The second-order valence-corrected chi connectivity index (χ2v) is 3.99. The summed E-state index contributed by atoms with van der Waals surface area (Å²) < 4.78 is 5.13. The molecule has 0 unspecified atom stereocenters. The van der Waals surface area contributed by atoms with Gasteiger partial charge in [0.05, 0.1) is 7.11 Å². The van der Waals surface area contributed by atoms with Crippen LogP contribution in [0.2, 0.25) is 0 Å². The molecule has 1 fully saturated rings. The second-order valence-electron chi connectivity index (χ2n) is 3.99. The van der Waals surface area contributed by atoms with Crippen molar-refractivity contribution in [1.82, 2.24) is 5.32 Å². The van der Waals surface area contributed by atoms with E-state index in [0.29, 0.717) is 6.42 Å². The maximum atomic E-state index is 11.0. The third-order valence-corrected chi connectivity index (χ3v) is 3.03. The van der Waals surface area contributed by atoms with Crippen LogP contribution in [0.1, 0.15) is 19.3 Å². The van der Waals surface area contributed by atoms with Gasteiger partial charge in [-0.3, -0.25) is 4.79 Å². The average molecular weight is 193 g/mol. The van der Waals surface area contributed by atoms with Gasteiger partial charge in [-0.15, -0.1) is 0 Å². The van der Waals surface area contributed by atoms with Crippen LogP contribution >= 0.6 is 0 Å². The second kappa shape index (κ2) is 3.48. The maximum Gasteiger partial charge on any atom is 0.220 e. The molecule has 14 heavy (non-hydrogen) atoms. The Kier molecular flexibility index (Phi) is 2.32. The van der Waals surface area contributed by atoms with Crippen molar-refractivity contribution in [3.8, 4) is 0 Å². The number of hydrogen-bond acceptors (Lipinski definition) is 2. The number of ether oxygens (including phenoxy) is 1. The van der Waals surface area contributed by atoms with Crippen LogP contribution in [-0.2, 0) is 9.53 Å². The third kappa shape index (κ3) is 1.67. The molecule has 0 radical (unpaired) electrons. The Morgan fingerprint density at radius 1 is 1.57 bits per heavy atom. The van der Waals surface area contributed by atoms with Crippen LogP contribution in [0.3, 0.4) is 0 Å². The van der Waals surface area contributed by atoms with Crippen LogP contribution in [0.4, 0.5) is 0 Å². The van der Waals surface area contributed by atoms with Gasteiger partial charge in [0.25, 0.3) is 0 Å². The van der Waals surface area contributed by atoms with E-state index in [1.807, 2.05) is 6.08 Å². The van der Waals surface area contributed by atoms with Gasteiger partial charge in [0.1, 0.15) is 5.76 Å². The summed E-state index contributed by atoms with van der Waals surface area (Å²) in [6.45, 7) is 0.760. The summed E-state index contributed by atoms with van der Waals surface area (Å²) in [7, 11) is 1.68. The van der Waals surface area contributed by atoms with Crippen molar-refractivity contribution in [2.45, 2.75) is 19.3 Å². The molecule has 0 bridgehead atoms. The largest absolute Gasteiger partial charge is 0.497 e. The molecule has 1 amide bonds. The Labute approximate surface area is 83.8 Å². The van der Waals surface area contributed by atoms with Crippen molar-refractivity contribution < 1.29 is 9.53 Å². The van der Waals surface area contributed by atoms with Crippen LogP contribution in [0.5, 0.6) is 0 Å². The maximum absolute atomic E-state index is 11.0. The molecule has 1 aliphatic heterocycles. The van der Waals surface area contributed by atoms with Crippen LogP contribution in [0.25, 0.3) is 0 Å². The SMILES string of the molecule is COC1=CC[C@@]2(C=C1)CCC(=O)NC2. The van der Waals surface area contributed by atoms with Gasteiger partial charge in [-0.1, -0.05) is 6.08 Å². The average Bonchev–Trinajstić information content (AvgIpc) is 2.24. The van der Waals surface area contributed by atoms with Gasteiger partial charge < -0.3 is 10.1 Å². The zero-order chi connectivity index (χ0) is 10.0. The van der Waals surface area contributed by atoms with E-state index in [0.717, 1.165) is 25.1 Å². The number of carbonyl (C=O) groups excluding carboxylic acids is 1. The number of piperidine rings is 1. The van der Waals surface area contributed by atoms with Crippen molar-refractivity contribution in [2.24, 2.45) is 5.41 Å². The first-order valence-electron chi connectivity index (χ1n) is 4.94. The monoisotopic (exact) mass is 193 g/mol. The van der Waals surface area contributed by atoms with E-state index in [2.05, 4.69) is 17.5 Å². The minimum Gasteiger partial charge on any atom is -0.497 e. The van der Waals surface area contributed by atoms with Gasteiger partial charge in [0.2, 0.25) is 5.91 Å². The predicted octanol–water partition coefficient (Wildman–Crippen LogP) is 1.37. The Hall–Kier alpha value is -1.25. The highest BCUT2D eigenvalue weighted by Gasteiger charge is 2.32. The number of allylic oxidation sites excluding steroid dienone is 2. The zero-order valence-corrected chi connectivity index (χ0v) is 8.38. The highest BCUT2D eigenvalue weighted by molar-refractivity contribution is 5.77. The molecule has 1 aliphatic carbocycles. The molecular weight excluding hydrogens is 178 g/mol. The Balaban J connectivity index is 2.04. The molecule has 3 nitrogen and oxygen atoms in total. The van der Waals surface area contributed by atoms with Crippen LogP contribution < -0.4 is 5.32 Å². The summed E-state index contributed by atoms with van der Waals surface area (Å²) >= 11 is 0. The molecule has 1 N–H and O–H groups in total. The van der Waals surface area contributed by atoms with E-state index in [4.69, 9.17) is 4.74 Å². The van der Waals surface area contributed by atoms with Gasteiger partial charge in [-0.05, 0) is 25.0 Å². The van der Waals surface area contributed by atoms with Crippen molar-refractivity contribution in [3.63, 3.8) is 0 Å². The first kappa shape index (κ1) is 9.31. The lowest BCUT2D eigenvalue weighted by atomic mass is 9.75. The molecule has 1 heterocycles. The summed E-state index contributed by atoms with van der Waals surface area (Å²) in [4.78, 5) is 11.0. The first-order valence-corrected chi connectivity index (χ1v) is 4.94. The first-order chi connectivity index (χ1) is 6.74. The minimum atomic E-state index is 0.149. The van der Waals surface area contributed by atoms with Crippen molar-refractivity contribution in [3.05, 3.63) is 24.0 Å². The van der Waals surface area contributed by atoms with Crippen molar-refractivity contribution in [1.29, 1.82) is 0 Å². The fourth-order valence-corrected chi connectivity index (χ4v) is 1.98. The minimum absolute atomic E-state index is 0.149. The normalized spacial score (nSPS) is 31.2. The molecule has 3 heteroatoms. The summed E-state index contributed by atoms with van der Waals surface area (Å²) in [6.07, 6.45) is 8.82. The highest BCUT2D eigenvalue weighted by Crippen LogP contribution is 2.36. The van der Waals surface area contributed by atoms with E-state index >= 15 is 0 Å². The van der Waals surface area contributed by atoms with E-state index in [1.165, 1.54) is 0 Å². The summed E-state index contributed by atoms with van der Waals surface area (Å²) in [6, 6.07) is 0. The van der Waals surface area contributed by atoms with Crippen molar-refractivity contribution in [2.75, 3.05) is 13.7 Å². The third-order valence-electron chi connectivity index (χ3n) is 3.03. The molecule has 0 aromatic carbocycles. The number of carbonyl (C=O) groups is 1. The van der Waals surface area contributed by atoms with Gasteiger partial charge in [-0.25, -0.2) is 0 Å². The van der Waals surface area contributed by atoms with E-state index in [1.54, 1.807) is 7.11 Å².